The molecular weight excluding hydrogens is 267 g/mol. The highest BCUT2D eigenvalue weighted by Crippen LogP contribution is 2.29. The van der Waals surface area contributed by atoms with E-state index in [0.29, 0.717) is 6.42 Å². The highest BCUT2D eigenvalue weighted by Gasteiger charge is 2.41. The first kappa shape index (κ1) is 15.2. The molecule has 1 aliphatic heterocycles. The Morgan fingerprint density at radius 2 is 1.90 bits per heavy atom. The van der Waals surface area contributed by atoms with Crippen LogP contribution in [-0.4, -0.2) is 25.4 Å². The zero-order valence-electron chi connectivity index (χ0n) is 11.5. The maximum atomic E-state index is 12.7. The van der Waals surface area contributed by atoms with E-state index in [1.165, 1.54) is 0 Å². The van der Waals surface area contributed by atoms with Gasteiger partial charge in [-0.3, -0.25) is 0 Å². The second-order valence-corrected chi connectivity index (χ2v) is 5.28. The van der Waals surface area contributed by atoms with Gasteiger partial charge in [-0.15, -0.1) is 0 Å². The van der Waals surface area contributed by atoms with E-state index >= 15 is 0 Å². The third-order valence-electron chi connectivity index (χ3n) is 3.82. The summed E-state index contributed by atoms with van der Waals surface area (Å²) in [6, 6.07) is 6.30. The van der Waals surface area contributed by atoms with E-state index in [1.54, 1.807) is 7.11 Å². The minimum atomic E-state index is -4.13. The normalized spacial score (nSPS) is 23.6. The van der Waals surface area contributed by atoms with Crippen molar-refractivity contribution in [2.24, 2.45) is 0 Å². The molecule has 1 heterocycles. The Morgan fingerprint density at radius 3 is 2.50 bits per heavy atom. The number of halogens is 3. The molecule has 0 bridgehead atoms. The van der Waals surface area contributed by atoms with Gasteiger partial charge in [0.1, 0.15) is 11.8 Å². The van der Waals surface area contributed by atoms with E-state index in [-0.39, 0.29) is 12.5 Å². The minimum Gasteiger partial charge on any atom is -0.497 e. The van der Waals surface area contributed by atoms with Crippen LogP contribution >= 0.6 is 0 Å². The highest BCUT2D eigenvalue weighted by molar-refractivity contribution is 5.27. The zero-order valence-corrected chi connectivity index (χ0v) is 11.5. The Balaban J connectivity index is 1.83. The maximum absolute atomic E-state index is 12.7. The van der Waals surface area contributed by atoms with Gasteiger partial charge in [-0.2, -0.15) is 13.2 Å². The first-order valence-corrected chi connectivity index (χ1v) is 6.95. The number of ether oxygens (including phenoxy) is 1. The summed E-state index contributed by atoms with van der Waals surface area (Å²) in [4.78, 5) is 0. The summed E-state index contributed by atoms with van der Waals surface area (Å²) in [7, 11) is 1.61. The number of piperidine rings is 1. The number of alkyl halides is 3. The molecule has 112 valence electrons. The van der Waals surface area contributed by atoms with E-state index in [2.05, 4.69) is 5.32 Å². The van der Waals surface area contributed by atoms with Gasteiger partial charge in [0.25, 0.3) is 0 Å². The molecule has 1 fully saturated rings. The van der Waals surface area contributed by atoms with Gasteiger partial charge in [0.15, 0.2) is 0 Å². The Hall–Kier alpha value is -1.23. The summed E-state index contributed by atoms with van der Waals surface area (Å²) < 4.78 is 43.1. The molecule has 2 unspecified atom stereocenters. The summed E-state index contributed by atoms with van der Waals surface area (Å²) in [6.07, 6.45) is -0.945. The Morgan fingerprint density at radius 1 is 1.20 bits per heavy atom. The highest BCUT2D eigenvalue weighted by atomic mass is 19.4. The second-order valence-electron chi connectivity index (χ2n) is 5.28. The van der Waals surface area contributed by atoms with Crippen molar-refractivity contribution in [3.63, 3.8) is 0 Å². The largest absolute Gasteiger partial charge is 0.497 e. The van der Waals surface area contributed by atoms with Crippen LogP contribution < -0.4 is 10.1 Å². The van der Waals surface area contributed by atoms with Crippen molar-refractivity contribution in [1.82, 2.24) is 5.32 Å². The molecule has 0 spiro atoms. The number of nitrogens with one attached hydrogen (secondary N) is 1. The third kappa shape index (κ3) is 4.13. The molecule has 1 aliphatic rings. The first-order valence-electron chi connectivity index (χ1n) is 6.95. The van der Waals surface area contributed by atoms with Gasteiger partial charge < -0.3 is 10.1 Å². The third-order valence-corrected chi connectivity index (χ3v) is 3.82. The zero-order chi connectivity index (χ0) is 14.6. The number of hydrogen-bond acceptors (Lipinski definition) is 2. The molecule has 2 atom stereocenters. The Bertz CT molecular complexity index is 416. The lowest BCUT2D eigenvalue weighted by atomic mass is 9.94. The number of methoxy groups -OCH3 is 1. The second kappa shape index (κ2) is 6.48. The van der Waals surface area contributed by atoms with Crippen molar-refractivity contribution >= 4 is 0 Å². The van der Waals surface area contributed by atoms with Crippen molar-refractivity contribution in [2.45, 2.75) is 50.4 Å². The molecule has 1 N–H and O–H groups in total. The molecule has 0 amide bonds. The van der Waals surface area contributed by atoms with Gasteiger partial charge in [-0.05, 0) is 43.4 Å². The smallest absolute Gasteiger partial charge is 0.403 e. The molecule has 2 nitrogen and oxygen atoms in total. The summed E-state index contributed by atoms with van der Waals surface area (Å²) in [5.74, 6) is 0.793. The van der Waals surface area contributed by atoms with Crippen LogP contribution in [0.1, 0.15) is 31.2 Å². The van der Waals surface area contributed by atoms with Gasteiger partial charge in [0.2, 0.25) is 0 Å². The lowest BCUT2D eigenvalue weighted by Crippen LogP contribution is -2.50. The molecule has 0 radical (unpaired) electrons. The Kier molecular flexibility index (Phi) is 4.91. The topological polar surface area (TPSA) is 21.3 Å². The van der Waals surface area contributed by atoms with Crippen molar-refractivity contribution in [3.05, 3.63) is 29.8 Å². The summed E-state index contributed by atoms with van der Waals surface area (Å²) in [5.41, 5.74) is 1.13. The number of aryl methyl sites for hydroxylation is 1. The fraction of sp³-hybridized carbons (Fsp3) is 0.600. The summed E-state index contributed by atoms with van der Waals surface area (Å²) >= 11 is 0. The van der Waals surface area contributed by atoms with Crippen molar-refractivity contribution < 1.29 is 17.9 Å². The van der Waals surface area contributed by atoms with E-state index in [9.17, 15) is 13.2 Å². The van der Waals surface area contributed by atoms with Crippen LogP contribution in [0.4, 0.5) is 13.2 Å². The number of hydrogen-bond donors (Lipinski definition) is 1. The van der Waals surface area contributed by atoms with Crippen LogP contribution in [0.25, 0.3) is 0 Å². The van der Waals surface area contributed by atoms with E-state index < -0.39 is 12.2 Å². The SMILES string of the molecule is COc1ccc(CCC2CCCC(C(F)(F)F)N2)cc1. The monoisotopic (exact) mass is 287 g/mol. The van der Waals surface area contributed by atoms with Crippen LogP contribution in [0.15, 0.2) is 24.3 Å². The van der Waals surface area contributed by atoms with Gasteiger partial charge in [-0.1, -0.05) is 18.6 Å². The van der Waals surface area contributed by atoms with Crippen LogP contribution in [-0.2, 0) is 6.42 Å². The molecular formula is C15H20F3NO. The fourth-order valence-corrected chi connectivity index (χ4v) is 2.64. The summed E-state index contributed by atoms with van der Waals surface area (Å²) in [5, 5.41) is 2.74. The van der Waals surface area contributed by atoms with E-state index in [4.69, 9.17) is 4.74 Å². The molecule has 1 aromatic rings. The maximum Gasteiger partial charge on any atom is 0.403 e. The van der Waals surface area contributed by atoms with Crippen molar-refractivity contribution in [2.75, 3.05) is 7.11 Å². The predicted octanol–water partition coefficient (Wildman–Crippen LogP) is 3.70. The van der Waals surface area contributed by atoms with E-state index in [0.717, 1.165) is 30.6 Å². The standard InChI is InChI=1S/C15H20F3NO/c1-20-13-9-6-11(7-10-13)5-8-12-3-2-4-14(19-12)15(16,17)18/h6-7,9-10,12,14,19H,2-5,8H2,1H3. The van der Waals surface area contributed by atoms with E-state index in [1.807, 2.05) is 24.3 Å². The first-order chi connectivity index (χ1) is 9.49. The Labute approximate surface area is 117 Å². The number of benzene rings is 1. The molecule has 0 aromatic heterocycles. The molecule has 1 aromatic carbocycles. The van der Waals surface area contributed by atoms with Crippen LogP contribution in [0.5, 0.6) is 5.75 Å². The lowest BCUT2D eigenvalue weighted by molar-refractivity contribution is -0.163. The lowest BCUT2D eigenvalue weighted by Gasteiger charge is -2.32. The van der Waals surface area contributed by atoms with Crippen LogP contribution in [0.3, 0.4) is 0 Å². The summed E-state index contributed by atoms with van der Waals surface area (Å²) in [6.45, 7) is 0. The predicted molar refractivity (Wildman–Crippen MR) is 71.9 cm³/mol. The number of rotatable bonds is 4. The fourth-order valence-electron chi connectivity index (χ4n) is 2.64. The molecule has 20 heavy (non-hydrogen) atoms. The average Bonchev–Trinajstić information content (AvgIpc) is 2.45. The molecule has 2 rings (SSSR count). The quantitative estimate of drug-likeness (QED) is 0.911. The minimum absolute atomic E-state index is 0.0440. The van der Waals surface area contributed by atoms with Crippen molar-refractivity contribution in [1.29, 1.82) is 0 Å². The van der Waals surface area contributed by atoms with Gasteiger partial charge in [0, 0.05) is 6.04 Å². The average molecular weight is 287 g/mol. The molecule has 0 aliphatic carbocycles. The van der Waals surface area contributed by atoms with Gasteiger partial charge in [0.05, 0.1) is 7.11 Å². The van der Waals surface area contributed by atoms with Crippen LogP contribution in [0.2, 0.25) is 0 Å². The molecule has 1 saturated heterocycles. The van der Waals surface area contributed by atoms with Gasteiger partial charge in [-0.25, -0.2) is 0 Å². The van der Waals surface area contributed by atoms with Crippen molar-refractivity contribution in [3.8, 4) is 5.75 Å². The molecule has 5 heteroatoms. The molecule has 0 saturated carbocycles. The van der Waals surface area contributed by atoms with Gasteiger partial charge >= 0.3 is 6.18 Å². The van der Waals surface area contributed by atoms with Crippen LogP contribution in [0, 0.1) is 0 Å².